The molecular weight excluding hydrogens is 364 g/mol. The van der Waals surface area contributed by atoms with E-state index < -0.39 is 17.4 Å². The molecule has 1 atom stereocenters. The lowest BCUT2D eigenvalue weighted by Crippen LogP contribution is -2.38. The molecule has 1 aromatic heterocycles. The molecule has 1 aromatic carbocycles. The van der Waals surface area contributed by atoms with Crippen LogP contribution in [-0.4, -0.2) is 28.6 Å². The van der Waals surface area contributed by atoms with Crippen molar-refractivity contribution >= 4 is 34.1 Å². The van der Waals surface area contributed by atoms with Crippen molar-refractivity contribution in [1.82, 2.24) is 4.98 Å². The Balaban J connectivity index is 2.35. The van der Waals surface area contributed by atoms with Crippen LogP contribution in [-0.2, 0) is 19.7 Å². The number of nitrogens with one attached hydrogen (secondary N) is 1. The highest BCUT2D eigenvalue weighted by molar-refractivity contribution is 7.13. The van der Waals surface area contributed by atoms with Crippen molar-refractivity contribution in [2.45, 2.75) is 51.4 Å². The number of esters is 1. The van der Waals surface area contributed by atoms with Crippen LogP contribution in [0.1, 0.15) is 51.6 Å². The lowest BCUT2D eigenvalue weighted by molar-refractivity contribution is -0.151. The van der Waals surface area contributed by atoms with Crippen molar-refractivity contribution in [2.75, 3.05) is 11.9 Å². The molecule has 0 saturated carbocycles. The Bertz CT molecular complexity index is 747. The highest BCUT2D eigenvalue weighted by atomic mass is 32.1. The fourth-order valence-corrected chi connectivity index (χ4v) is 3.78. The van der Waals surface area contributed by atoms with E-state index in [1.165, 1.54) is 11.3 Å². The number of rotatable bonds is 11. The van der Waals surface area contributed by atoms with Crippen molar-refractivity contribution in [1.29, 1.82) is 0 Å². The van der Waals surface area contributed by atoms with Gasteiger partial charge in [-0.05, 0) is 31.9 Å². The van der Waals surface area contributed by atoms with E-state index in [0.29, 0.717) is 17.2 Å². The fourth-order valence-electron chi connectivity index (χ4n) is 2.95. The fraction of sp³-hybridized carbons (Fsp3) is 0.450. The second kappa shape index (κ2) is 10.1. The number of aliphatic carboxylic acids is 1. The minimum atomic E-state index is -1.03. The SMILES string of the molecule is CCCC[C@](CCC(=O)O)(C(=O)OCC)c1csc(Nc2ccccc2)n1. The Morgan fingerprint density at radius 1 is 1.22 bits per heavy atom. The lowest BCUT2D eigenvalue weighted by atomic mass is 9.76. The number of carboxylic acids is 1. The van der Waals surface area contributed by atoms with E-state index in [4.69, 9.17) is 4.74 Å². The maximum atomic E-state index is 12.9. The molecule has 0 unspecified atom stereocenters. The van der Waals surface area contributed by atoms with E-state index in [9.17, 15) is 14.7 Å². The number of benzene rings is 1. The summed E-state index contributed by atoms with van der Waals surface area (Å²) in [5, 5.41) is 14.9. The Morgan fingerprint density at radius 2 is 1.96 bits per heavy atom. The van der Waals surface area contributed by atoms with Crippen molar-refractivity contribution in [3.05, 3.63) is 41.4 Å². The van der Waals surface area contributed by atoms with Gasteiger partial charge in [0.15, 0.2) is 5.13 Å². The molecule has 2 N–H and O–H groups in total. The van der Waals surface area contributed by atoms with Crippen LogP contribution in [0.15, 0.2) is 35.7 Å². The third kappa shape index (κ3) is 5.53. The summed E-state index contributed by atoms with van der Waals surface area (Å²) in [7, 11) is 0. The van der Waals surface area contributed by atoms with Gasteiger partial charge < -0.3 is 15.2 Å². The number of thiazole rings is 1. The molecule has 0 aliphatic rings. The first-order valence-corrected chi connectivity index (χ1v) is 10.1. The van der Waals surface area contributed by atoms with E-state index in [1.54, 1.807) is 6.92 Å². The van der Waals surface area contributed by atoms with E-state index in [1.807, 2.05) is 42.6 Å². The van der Waals surface area contributed by atoms with Crippen LogP contribution in [0.2, 0.25) is 0 Å². The molecule has 7 heteroatoms. The third-order valence-electron chi connectivity index (χ3n) is 4.41. The minimum Gasteiger partial charge on any atom is -0.481 e. The number of carboxylic acid groups (broad SMARTS) is 1. The molecular formula is C20H26N2O4S. The summed E-state index contributed by atoms with van der Waals surface area (Å²) in [4.78, 5) is 28.7. The number of para-hydroxylation sites is 1. The Morgan fingerprint density at radius 3 is 2.59 bits per heavy atom. The van der Waals surface area contributed by atoms with Crippen molar-refractivity contribution < 1.29 is 19.4 Å². The van der Waals surface area contributed by atoms with Crippen LogP contribution in [0.25, 0.3) is 0 Å². The topological polar surface area (TPSA) is 88.5 Å². The summed E-state index contributed by atoms with van der Waals surface area (Å²) >= 11 is 1.40. The maximum absolute atomic E-state index is 12.9. The molecule has 27 heavy (non-hydrogen) atoms. The van der Waals surface area contributed by atoms with Gasteiger partial charge in [-0.3, -0.25) is 9.59 Å². The van der Waals surface area contributed by atoms with E-state index in [2.05, 4.69) is 10.3 Å². The number of nitrogens with zero attached hydrogens (tertiary/aromatic N) is 1. The average Bonchev–Trinajstić information content (AvgIpc) is 3.12. The second-order valence-corrected chi connectivity index (χ2v) is 7.19. The molecule has 0 aliphatic carbocycles. The van der Waals surface area contributed by atoms with Gasteiger partial charge in [0.05, 0.1) is 12.3 Å². The molecule has 0 saturated heterocycles. The van der Waals surface area contributed by atoms with Gasteiger partial charge in [0, 0.05) is 17.5 Å². The van der Waals surface area contributed by atoms with Crippen molar-refractivity contribution in [3.63, 3.8) is 0 Å². The first kappa shape index (κ1) is 20.9. The van der Waals surface area contributed by atoms with E-state index >= 15 is 0 Å². The van der Waals surface area contributed by atoms with Crippen LogP contribution in [0, 0.1) is 0 Å². The smallest absolute Gasteiger partial charge is 0.318 e. The second-order valence-electron chi connectivity index (χ2n) is 6.33. The molecule has 0 fully saturated rings. The maximum Gasteiger partial charge on any atom is 0.318 e. The summed E-state index contributed by atoms with van der Waals surface area (Å²) in [6, 6.07) is 9.64. The zero-order chi connectivity index (χ0) is 19.7. The molecule has 0 bridgehead atoms. The standard InChI is InChI=1S/C20H26N2O4S/c1-3-5-12-20(13-11-17(23)24,18(25)26-4-2)16-14-27-19(22-16)21-15-9-7-6-8-10-15/h6-10,14H,3-5,11-13H2,1-2H3,(H,21,22)(H,23,24)/t20-/m1/s1. The summed E-state index contributed by atoms with van der Waals surface area (Å²) in [5.41, 5.74) is 0.454. The van der Waals surface area contributed by atoms with Gasteiger partial charge in [-0.15, -0.1) is 11.3 Å². The average molecular weight is 391 g/mol. The van der Waals surface area contributed by atoms with E-state index in [0.717, 1.165) is 18.5 Å². The van der Waals surface area contributed by atoms with Gasteiger partial charge in [-0.25, -0.2) is 4.98 Å². The zero-order valence-corrected chi connectivity index (χ0v) is 16.6. The van der Waals surface area contributed by atoms with Crippen LogP contribution in [0.4, 0.5) is 10.8 Å². The molecule has 2 aromatic rings. The molecule has 2 rings (SSSR count). The molecule has 146 valence electrons. The molecule has 0 radical (unpaired) electrons. The van der Waals surface area contributed by atoms with Crippen LogP contribution in [0.5, 0.6) is 0 Å². The van der Waals surface area contributed by atoms with Gasteiger partial charge in [0.25, 0.3) is 0 Å². The highest BCUT2D eigenvalue weighted by Crippen LogP contribution is 2.38. The predicted octanol–water partition coefficient (Wildman–Crippen LogP) is 4.74. The third-order valence-corrected chi connectivity index (χ3v) is 5.17. The number of anilines is 2. The van der Waals surface area contributed by atoms with Crippen LogP contribution in [0.3, 0.4) is 0 Å². The first-order valence-electron chi connectivity index (χ1n) is 9.19. The number of carbonyl (C=O) groups is 2. The summed E-state index contributed by atoms with van der Waals surface area (Å²) in [5.74, 6) is -1.32. The molecule has 0 amide bonds. The Hall–Kier alpha value is -2.41. The van der Waals surface area contributed by atoms with Gasteiger partial charge in [0.2, 0.25) is 0 Å². The number of hydrogen-bond acceptors (Lipinski definition) is 6. The molecule has 0 spiro atoms. The van der Waals surface area contributed by atoms with E-state index in [-0.39, 0.29) is 19.4 Å². The predicted molar refractivity (Wildman–Crippen MR) is 107 cm³/mol. The number of aromatic nitrogens is 1. The summed E-state index contributed by atoms with van der Waals surface area (Å²) < 4.78 is 5.33. The quantitative estimate of drug-likeness (QED) is 0.539. The molecule has 0 aliphatic heterocycles. The van der Waals surface area contributed by atoms with Crippen LogP contribution >= 0.6 is 11.3 Å². The van der Waals surface area contributed by atoms with Gasteiger partial charge in [-0.2, -0.15) is 0 Å². The van der Waals surface area contributed by atoms with Crippen molar-refractivity contribution in [2.24, 2.45) is 0 Å². The Kier molecular flexibility index (Phi) is 7.79. The highest BCUT2D eigenvalue weighted by Gasteiger charge is 2.43. The number of hydrogen-bond donors (Lipinski definition) is 2. The van der Waals surface area contributed by atoms with Gasteiger partial charge in [-0.1, -0.05) is 38.0 Å². The lowest BCUT2D eigenvalue weighted by Gasteiger charge is -2.29. The number of ether oxygens (including phenoxy) is 1. The largest absolute Gasteiger partial charge is 0.481 e. The normalized spacial score (nSPS) is 13.0. The van der Waals surface area contributed by atoms with Crippen molar-refractivity contribution in [3.8, 4) is 0 Å². The number of carbonyl (C=O) groups excluding carboxylic acids is 1. The monoisotopic (exact) mass is 390 g/mol. The molecule has 6 nitrogen and oxygen atoms in total. The minimum absolute atomic E-state index is 0.110. The van der Waals surface area contributed by atoms with Crippen LogP contribution < -0.4 is 5.32 Å². The van der Waals surface area contributed by atoms with Gasteiger partial charge >= 0.3 is 11.9 Å². The zero-order valence-electron chi connectivity index (χ0n) is 15.7. The summed E-state index contributed by atoms with van der Waals surface area (Å²) in [6.45, 7) is 4.04. The number of unbranched alkanes of at least 4 members (excludes halogenated alkanes) is 1. The van der Waals surface area contributed by atoms with Gasteiger partial charge in [0.1, 0.15) is 5.41 Å². The Labute approximate surface area is 163 Å². The summed E-state index contributed by atoms with van der Waals surface area (Å²) in [6.07, 6.45) is 2.27. The first-order chi connectivity index (χ1) is 13.0. The molecule has 1 heterocycles.